The van der Waals surface area contributed by atoms with Gasteiger partial charge in [0.2, 0.25) is 0 Å². The highest BCUT2D eigenvalue weighted by atomic mass is 79.9. The number of primary amides is 1. The van der Waals surface area contributed by atoms with Crippen LogP contribution in [0.4, 0.5) is 5.69 Å². The minimum atomic E-state index is -0.506. The summed E-state index contributed by atoms with van der Waals surface area (Å²) < 4.78 is 0.832. The third kappa shape index (κ3) is 2.23. The smallest absolute Gasteiger partial charge is 0.269 e. The van der Waals surface area contributed by atoms with Crippen molar-refractivity contribution in [2.75, 3.05) is 4.90 Å². The van der Waals surface area contributed by atoms with Crippen molar-refractivity contribution < 1.29 is 9.90 Å². The van der Waals surface area contributed by atoms with Gasteiger partial charge in [0.1, 0.15) is 0 Å². The summed E-state index contributed by atoms with van der Waals surface area (Å²) in [7, 11) is 0. The van der Waals surface area contributed by atoms with Crippen molar-refractivity contribution in [2.24, 2.45) is 5.73 Å². The fourth-order valence-electron chi connectivity index (χ4n) is 3.36. The third-order valence-electron chi connectivity index (χ3n) is 4.05. The lowest BCUT2D eigenvalue weighted by Gasteiger charge is -2.39. The molecule has 0 aliphatic carbocycles. The minimum Gasteiger partial charge on any atom is -0.393 e. The second kappa shape index (κ2) is 4.76. The van der Waals surface area contributed by atoms with Crippen LogP contribution in [0.2, 0.25) is 0 Å². The van der Waals surface area contributed by atoms with Crippen molar-refractivity contribution >= 4 is 27.5 Å². The van der Waals surface area contributed by atoms with Gasteiger partial charge in [-0.15, -0.1) is 0 Å². The van der Waals surface area contributed by atoms with Gasteiger partial charge in [0.25, 0.3) is 5.91 Å². The van der Waals surface area contributed by atoms with E-state index >= 15 is 0 Å². The number of halogens is 1. The lowest BCUT2D eigenvalue weighted by atomic mass is 9.98. The van der Waals surface area contributed by atoms with E-state index in [0.29, 0.717) is 5.69 Å². The predicted octanol–water partition coefficient (Wildman–Crippen LogP) is 1.44. The zero-order chi connectivity index (χ0) is 13.6. The van der Waals surface area contributed by atoms with Gasteiger partial charge >= 0.3 is 0 Å². The van der Waals surface area contributed by atoms with E-state index in [9.17, 15) is 9.90 Å². The highest BCUT2D eigenvalue weighted by molar-refractivity contribution is 9.10. The second-order valence-corrected chi connectivity index (χ2v) is 6.22. The van der Waals surface area contributed by atoms with Crippen LogP contribution in [0.5, 0.6) is 0 Å². The molecule has 2 aliphatic rings. The number of anilines is 1. The van der Waals surface area contributed by atoms with Crippen molar-refractivity contribution in [3.63, 3.8) is 0 Å². The highest BCUT2D eigenvalue weighted by Gasteiger charge is 2.41. The molecule has 2 fully saturated rings. The Morgan fingerprint density at radius 2 is 2.05 bits per heavy atom. The number of fused-ring (bicyclic) bond motifs is 2. The van der Waals surface area contributed by atoms with Crippen molar-refractivity contribution in [2.45, 2.75) is 43.9 Å². The molecule has 2 atom stereocenters. The summed E-state index contributed by atoms with van der Waals surface area (Å²) in [4.78, 5) is 17.9. The molecule has 0 radical (unpaired) electrons. The summed E-state index contributed by atoms with van der Waals surface area (Å²) in [5, 5.41) is 9.84. The molecule has 3 heterocycles. The molecule has 3 rings (SSSR count). The summed E-state index contributed by atoms with van der Waals surface area (Å²) in [5.74, 6) is -0.506. The lowest BCUT2D eigenvalue weighted by Crippen LogP contribution is -2.45. The van der Waals surface area contributed by atoms with Crippen molar-refractivity contribution in [3.8, 4) is 0 Å². The molecule has 2 unspecified atom stereocenters. The van der Waals surface area contributed by atoms with E-state index in [1.165, 1.54) is 0 Å². The Kier molecular flexibility index (Phi) is 3.22. The van der Waals surface area contributed by atoms with Gasteiger partial charge in [0.15, 0.2) is 5.69 Å². The number of aliphatic hydroxyl groups excluding tert-OH is 1. The predicted molar refractivity (Wildman–Crippen MR) is 75.0 cm³/mol. The number of nitrogens with two attached hydrogens (primary N) is 1. The maximum atomic E-state index is 11.5. The summed E-state index contributed by atoms with van der Waals surface area (Å²) in [6.07, 6.45) is 4.96. The van der Waals surface area contributed by atoms with Crippen molar-refractivity contribution in [1.29, 1.82) is 0 Å². The Bertz CT molecular complexity index is 509. The molecule has 2 saturated heterocycles. The fourth-order valence-corrected chi connectivity index (χ4v) is 3.68. The van der Waals surface area contributed by atoms with Crippen LogP contribution in [0.3, 0.4) is 0 Å². The first-order valence-electron chi connectivity index (χ1n) is 6.48. The number of nitrogens with zero attached hydrogens (tertiary/aromatic N) is 2. The van der Waals surface area contributed by atoms with Gasteiger partial charge in [-0.05, 0) is 47.7 Å². The molecule has 1 aromatic heterocycles. The van der Waals surface area contributed by atoms with Gasteiger partial charge in [-0.2, -0.15) is 0 Å². The molecule has 102 valence electrons. The molecule has 2 bridgehead atoms. The number of aliphatic hydroxyl groups is 1. The van der Waals surface area contributed by atoms with E-state index in [-0.39, 0.29) is 18.2 Å². The highest BCUT2D eigenvalue weighted by Crippen LogP contribution is 2.40. The Balaban J connectivity index is 2.03. The van der Waals surface area contributed by atoms with E-state index in [1.54, 1.807) is 6.20 Å². The van der Waals surface area contributed by atoms with E-state index < -0.39 is 5.91 Å². The van der Waals surface area contributed by atoms with E-state index in [0.717, 1.165) is 35.8 Å². The first-order valence-corrected chi connectivity index (χ1v) is 7.27. The standard InChI is InChI=1S/C13H16BrN3O2/c14-7-3-11(12(13(15)19)16-6-7)17-8-1-2-9(17)5-10(18)4-8/h3,6,8-10,18H,1-2,4-5H2,(H2,15,19). The largest absolute Gasteiger partial charge is 0.393 e. The number of rotatable bonds is 2. The third-order valence-corrected chi connectivity index (χ3v) is 4.49. The number of carbonyl (C=O) groups is 1. The number of hydrogen-bond donors (Lipinski definition) is 2. The van der Waals surface area contributed by atoms with Gasteiger partial charge in [-0.25, -0.2) is 4.98 Å². The molecule has 0 aromatic carbocycles. The zero-order valence-corrected chi connectivity index (χ0v) is 12.0. The number of hydrogen-bond acceptors (Lipinski definition) is 4. The number of amides is 1. The monoisotopic (exact) mass is 325 g/mol. The van der Waals surface area contributed by atoms with E-state index in [2.05, 4.69) is 25.8 Å². The van der Waals surface area contributed by atoms with Crippen molar-refractivity contribution in [1.82, 2.24) is 4.98 Å². The number of carbonyl (C=O) groups excluding carboxylic acids is 1. The Morgan fingerprint density at radius 1 is 1.42 bits per heavy atom. The van der Waals surface area contributed by atoms with E-state index in [4.69, 9.17) is 5.73 Å². The molecular formula is C13H16BrN3O2. The maximum Gasteiger partial charge on any atom is 0.269 e. The van der Waals surface area contributed by atoms with Crippen LogP contribution >= 0.6 is 15.9 Å². The molecule has 6 heteroatoms. The Labute approximate surface area is 119 Å². The van der Waals surface area contributed by atoms with Crippen LogP contribution in [0.15, 0.2) is 16.7 Å². The maximum absolute atomic E-state index is 11.5. The Morgan fingerprint density at radius 3 is 2.63 bits per heavy atom. The van der Waals surface area contributed by atoms with Gasteiger partial charge in [0.05, 0.1) is 11.8 Å². The average Bonchev–Trinajstić information content (AvgIpc) is 2.61. The first-order chi connectivity index (χ1) is 9.06. The summed E-state index contributed by atoms with van der Waals surface area (Å²) in [6.45, 7) is 0. The molecule has 1 aromatic rings. The average molecular weight is 326 g/mol. The van der Waals surface area contributed by atoms with Gasteiger partial charge < -0.3 is 15.7 Å². The fraction of sp³-hybridized carbons (Fsp3) is 0.538. The van der Waals surface area contributed by atoms with Crippen LogP contribution in [0.1, 0.15) is 36.2 Å². The molecule has 19 heavy (non-hydrogen) atoms. The molecule has 1 amide bonds. The lowest BCUT2D eigenvalue weighted by molar-refractivity contribution is 0.0995. The van der Waals surface area contributed by atoms with Crippen LogP contribution in [0, 0.1) is 0 Å². The zero-order valence-electron chi connectivity index (χ0n) is 10.4. The number of pyridine rings is 1. The van der Waals surface area contributed by atoms with Crippen LogP contribution in [-0.4, -0.2) is 34.2 Å². The molecule has 2 aliphatic heterocycles. The molecule has 5 nitrogen and oxygen atoms in total. The second-order valence-electron chi connectivity index (χ2n) is 5.30. The van der Waals surface area contributed by atoms with Gasteiger partial charge in [0, 0.05) is 22.8 Å². The van der Waals surface area contributed by atoms with Crippen LogP contribution in [0.25, 0.3) is 0 Å². The van der Waals surface area contributed by atoms with Gasteiger partial charge in [-0.3, -0.25) is 4.79 Å². The normalized spacial score (nSPS) is 29.6. The first kappa shape index (κ1) is 12.9. The minimum absolute atomic E-state index is 0.231. The van der Waals surface area contributed by atoms with E-state index in [1.807, 2.05) is 6.07 Å². The van der Waals surface area contributed by atoms with Crippen LogP contribution < -0.4 is 10.6 Å². The SMILES string of the molecule is NC(=O)c1ncc(Br)cc1N1C2CCC1CC(O)C2. The van der Waals surface area contributed by atoms with Gasteiger partial charge in [-0.1, -0.05) is 0 Å². The Hall–Kier alpha value is -1.14. The molecule has 0 saturated carbocycles. The topological polar surface area (TPSA) is 79.5 Å². The molecule has 3 N–H and O–H groups in total. The summed E-state index contributed by atoms with van der Waals surface area (Å²) in [5.41, 5.74) is 6.53. The van der Waals surface area contributed by atoms with Crippen molar-refractivity contribution in [3.05, 3.63) is 22.4 Å². The summed E-state index contributed by atoms with van der Waals surface area (Å²) in [6, 6.07) is 2.46. The molecule has 0 spiro atoms. The summed E-state index contributed by atoms with van der Waals surface area (Å²) >= 11 is 3.39. The quantitative estimate of drug-likeness (QED) is 0.862. The van der Waals surface area contributed by atoms with Crippen LogP contribution in [-0.2, 0) is 0 Å². The number of aromatic nitrogens is 1. The number of piperidine rings is 1. The molecular weight excluding hydrogens is 310 g/mol.